The molecule has 3 aliphatic heterocycles. The zero-order chi connectivity index (χ0) is 40.4. The Balaban J connectivity index is 1.04. The van der Waals surface area contributed by atoms with Crippen molar-refractivity contribution in [3.63, 3.8) is 0 Å². The summed E-state index contributed by atoms with van der Waals surface area (Å²) >= 11 is 0. The van der Waals surface area contributed by atoms with Crippen molar-refractivity contribution >= 4 is 0 Å². The monoisotopic (exact) mass is 802 g/mol. The van der Waals surface area contributed by atoms with Gasteiger partial charge < -0.3 is 79.1 Å². The van der Waals surface area contributed by atoms with Crippen LogP contribution in [0.15, 0.2) is 11.6 Å². The molecule has 56 heavy (non-hydrogen) atoms. The van der Waals surface area contributed by atoms with Crippen LogP contribution in [0.1, 0.15) is 79.1 Å². The first-order valence-corrected chi connectivity index (χ1v) is 20.7. The Labute approximate surface area is 328 Å². The summed E-state index contributed by atoms with van der Waals surface area (Å²) in [6, 6.07) is 0. The molecule has 3 saturated heterocycles. The lowest BCUT2D eigenvalue weighted by Gasteiger charge is -2.58. The Bertz CT molecular complexity index is 1370. The van der Waals surface area contributed by atoms with Gasteiger partial charge in [-0.05, 0) is 99.7 Å². The molecule has 7 rings (SSSR count). The topological polar surface area (TPSA) is 247 Å². The van der Waals surface area contributed by atoms with Crippen LogP contribution < -0.4 is 0 Å². The Morgan fingerprint density at radius 3 is 2.12 bits per heavy atom. The van der Waals surface area contributed by atoms with E-state index in [1.54, 1.807) is 6.92 Å². The maximum Gasteiger partial charge on any atom is 0.187 e. The fraction of sp³-hybridized carbons (Fsp3) is 0.950. The van der Waals surface area contributed by atoms with Crippen LogP contribution in [0.2, 0.25) is 0 Å². The molecule has 0 spiro atoms. The smallest absolute Gasteiger partial charge is 0.187 e. The van der Waals surface area contributed by atoms with Gasteiger partial charge in [0.25, 0.3) is 0 Å². The average Bonchev–Trinajstić information content (AvgIpc) is 3.54. The molecule has 3 heterocycles. The van der Waals surface area contributed by atoms with Gasteiger partial charge in [-0.25, -0.2) is 0 Å². The molecule has 9 N–H and O–H groups in total. The summed E-state index contributed by atoms with van der Waals surface area (Å²) in [4.78, 5) is 0. The molecule has 0 aromatic heterocycles. The van der Waals surface area contributed by atoms with Crippen LogP contribution in [-0.2, 0) is 33.2 Å². The summed E-state index contributed by atoms with van der Waals surface area (Å²) in [5.41, 5.74) is 1.60. The second kappa shape index (κ2) is 16.9. The van der Waals surface area contributed by atoms with Gasteiger partial charge in [0.15, 0.2) is 18.9 Å². The Kier molecular flexibility index (Phi) is 13.0. The van der Waals surface area contributed by atoms with Crippen molar-refractivity contribution in [1.82, 2.24) is 0 Å². The van der Waals surface area contributed by atoms with Gasteiger partial charge >= 0.3 is 0 Å². The Morgan fingerprint density at radius 1 is 0.750 bits per heavy atom. The van der Waals surface area contributed by atoms with E-state index in [-0.39, 0.29) is 29.0 Å². The van der Waals surface area contributed by atoms with Crippen molar-refractivity contribution in [3.05, 3.63) is 11.6 Å². The number of hydrogen-bond donors (Lipinski definition) is 9. The summed E-state index contributed by atoms with van der Waals surface area (Å²) in [7, 11) is 1.41. The van der Waals surface area contributed by atoms with Crippen LogP contribution in [0, 0.1) is 34.5 Å². The van der Waals surface area contributed by atoms with Crippen LogP contribution in [0.5, 0.6) is 0 Å². The number of methoxy groups -OCH3 is 1. The number of aliphatic hydroxyl groups is 9. The molecule has 7 aliphatic rings. The number of hydrogen-bond acceptors (Lipinski definition) is 16. The Morgan fingerprint density at radius 2 is 1.43 bits per heavy atom. The lowest BCUT2D eigenvalue weighted by atomic mass is 9.47. The normalized spacial score (nSPS) is 54.1. The van der Waals surface area contributed by atoms with E-state index in [4.69, 9.17) is 33.2 Å². The molecule has 0 amide bonds. The van der Waals surface area contributed by atoms with Crippen LogP contribution >= 0.6 is 0 Å². The molecule has 0 aromatic rings. The summed E-state index contributed by atoms with van der Waals surface area (Å²) in [6.07, 6.45) is -11.2. The minimum atomic E-state index is -1.78. The van der Waals surface area contributed by atoms with Crippen molar-refractivity contribution < 1.29 is 79.1 Å². The van der Waals surface area contributed by atoms with Crippen molar-refractivity contribution in [1.29, 1.82) is 0 Å². The van der Waals surface area contributed by atoms with Crippen LogP contribution in [0.4, 0.5) is 0 Å². The van der Waals surface area contributed by atoms with Crippen molar-refractivity contribution in [2.75, 3.05) is 20.3 Å². The van der Waals surface area contributed by atoms with Gasteiger partial charge in [-0.1, -0.05) is 25.5 Å². The second-order valence-corrected chi connectivity index (χ2v) is 18.3. The van der Waals surface area contributed by atoms with E-state index < -0.39 is 105 Å². The molecule has 16 nitrogen and oxygen atoms in total. The first-order valence-electron chi connectivity index (χ1n) is 20.7. The predicted octanol–water partition coefficient (Wildman–Crippen LogP) is -0.539. The van der Waals surface area contributed by atoms with Crippen molar-refractivity contribution in [2.24, 2.45) is 34.5 Å². The van der Waals surface area contributed by atoms with Gasteiger partial charge in [0.2, 0.25) is 0 Å². The molecule has 6 fully saturated rings. The number of ether oxygens (including phenoxy) is 7. The van der Waals surface area contributed by atoms with E-state index in [9.17, 15) is 46.0 Å². The largest absolute Gasteiger partial charge is 0.394 e. The van der Waals surface area contributed by atoms with E-state index >= 15 is 0 Å². The molecular weight excluding hydrogens is 736 g/mol. The first-order chi connectivity index (χ1) is 26.5. The van der Waals surface area contributed by atoms with E-state index in [2.05, 4.69) is 19.9 Å². The average molecular weight is 803 g/mol. The molecule has 5 unspecified atom stereocenters. The molecule has 0 bridgehead atoms. The maximum atomic E-state index is 11.2. The quantitative estimate of drug-likeness (QED) is 0.126. The molecule has 322 valence electrons. The van der Waals surface area contributed by atoms with E-state index in [1.807, 2.05) is 6.92 Å². The lowest BCUT2D eigenvalue weighted by Crippen LogP contribution is -2.65. The molecule has 0 aromatic carbocycles. The summed E-state index contributed by atoms with van der Waals surface area (Å²) in [6.45, 7) is 7.38. The lowest BCUT2D eigenvalue weighted by molar-refractivity contribution is -0.376. The third-order valence-corrected chi connectivity index (χ3v) is 15.3. The van der Waals surface area contributed by atoms with Gasteiger partial charge in [0.1, 0.15) is 67.1 Å². The highest BCUT2D eigenvalue weighted by molar-refractivity contribution is 5.25. The molecule has 3 saturated carbocycles. The maximum absolute atomic E-state index is 11.2. The SMILES string of the molecule is CO[C@H]1[C@@H](O)[C@@H](C)O[C@@H](OC(C)C2CCC3C4CC=C5C[C@@H](O)CC[C@]5(C)C4CC[C@]23C)[C@@H]1O[C@@H]1O[C@H](CO[C@@H]2O[C@H](CO)[C@@H](O)[C@H](O)[C@H]2O)[C@@H](O)[C@@H](O)[C@H]1O. The highest BCUT2D eigenvalue weighted by Crippen LogP contribution is 2.67. The van der Waals surface area contributed by atoms with Gasteiger partial charge in [-0.3, -0.25) is 0 Å². The van der Waals surface area contributed by atoms with Crippen molar-refractivity contribution in [3.8, 4) is 0 Å². The minimum Gasteiger partial charge on any atom is -0.394 e. The van der Waals surface area contributed by atoms with E-state index in [0.29, 0.717) is 17.8 Å². The van der Waals surface area contributed by atoms with Crippen LogP contribution in [0.3, 0.4) is 0 Å². The summed E-state index contributed by atoms with van der Waals surface area (Å²) < 4.78 is 42.0. The second-order valence-electron chi connectivity index (χ2n) is 18.3. The molecule has 0 radical (unpaired) electrons. The van der Waals surface area contributed by atoms with Crippen LogP contribution in [0.25, 0.3) is 0 Å². The van der Waals surface area contributed by atoms with Gasteiger partial charge in [-0.15, -0.1) is 0 Å². The number of allylic oxidation sites excluding steroid dienone is 1. The van der Waals surface area contributed by atoms with E-state index in [1.165, 1.54) is 12.7 Å². The zero-order valence-electron chi connectivity index (χ0n) is 33.2. The predicted molar refractivity (Wildman–Crippen MR) is 194 cm³/mol. The number of fused-ring (bicyclic) bond motifs is 5. The molecule has 16 heteroatoms. The molecular formula is C40H66O16. The van der Waals surface area contributed by atoms with Gasteiger partial charge in [0, 0.05) is 7.11 Å². The minimum absolute atomic E-state index is 0.0182. The van der Waals surface area contributed by atoms with Crippen molar-refractivity contribution in [2.45, 2.75) is 183 Å². The fourth-order valence-electron chi connectivity index (χ4n) is 12.0. The third kappa shape index (κ3) is 7.56. The highest BCUT2D eigenvalue weighted by Gasteiger charge is 2.60. The number of rotatable bonds is 10. The highest BCUT2D eigenvalue weighted by atomic mass is 16.8. The summed E-state index contributed by atoms with van der Waals surface area (Å²) in [5.74, 6) is 1.87. The fourth-order valence-corrected chi connectivity index (χ4v) is 12.0. The standard InChI is InChI=1S/C40H66O16/c1-17(22-8-9-23-21-7-6-19-14-20(42)10-12-39(19,3)24(21)11-13-40(22,23)4)52-38-35(34(50-5)27(43)18(2)53-38)56-37-33(49)31(47)29(45)26(55-37)16-51-36-32(48)30(46)28(44)25(15-41)54-36/h6,17-18,20-38,41-49H,7-16H2,1-5H3/t17?,18-,20+,21?,22?,23?,24?,25-,26-,27+,28-,29-,30+,31-,32-,33-,34+,35-,36-,37+,38-,39+,40-/m1/s1. The molecule has 23 atom stereocenters. The van der Waals surface area contributed by atoms with E-state index in [0.717, 1.165) is 51.4 Å². The third-order valence-electron chi connectivity index (χ3n) is 15.3. The summed E-state index contributed by atoms with van der Waals surface area (Å²) in [5, 5.41) is 94.6. The zero-order valence-corrected chi connectivity index (χ0v) is 33.2. The number of aliphatic hydroxyl groups excluding tert-OH is 9. The molecule has 4 aliphatic carbocycles. The first kappa shape index (κ1) is 43.2. The van der Waals surface area contributed by atoms with Gasteiger partial charge in [-0.2, -0.15) is 0 Å². The van der Waals surface area contributed by atoms with Crippen LogP contribution in [-0.4, -0.2) is 171 Å². The van der Waals surface area contributed by atoms with Gasteiger partial charge in [0.05, 0.1) is 31.5 Å². The Hall–Kier alpha value is -0.900.